The van der Waals surface area contributed by atoms with Gasteiger partial charge in [-0.15, -0.1) is 0 Å². The van der Waals surface area contributed by atoms with E-state index < -0.39 is 11.3 Å². The van der Waals surface area contributed by atoms with E-state index in [0.717, 1.165) is 0 Å². The molecular weight excluding hydrogens is 248 g/mol. The van der Waals surface area contributed by atoms with Gasteiger partial charge in [0.25, 0.3) is 0 Å². The summed E-state index contributed by atoms with van der Waals surface area (Å²) in [4.78, 5) is 13.3. The molecule has 0 amide bonds. The number of nitrogens with zero attached hydrogens (tertiary/aromatic N) is 2. The third kappa shape index (κ3) is 4.15. The molecule has 1 saturated heterocycles. The van der Waals surface area contributed by atoms with E-state index >= 15 is 0 Å². The van der Waals surface area contributed by atoms with E-state index in [1.54, 1.807) is 0 Å². The third-order valence-corrected chi connectivity index (χ3v) is 2.85. The number of rotatable bonds is 5. The number of hydrogen-bond acceptors (Lipinski definition) is 8. The summed E-state index contributed by atoms with van der Waals surface area (Å²) in [5.74, 6) is -0.784. The zero-order valence-corrected chi connectivity index (χ0v) is 10.2. The van der Waals surface area contributed by atoms with Gasteiger partial charge in [0.1, 0.15) is 12.0 Å². The molecule has 1 heterocycles. The molecule has 0 aromatic rings. The van der Waals surface area contributed by atoms with Gasteiger partial charge in [-0.3, -0.25) is 4.90 Å². The van der Waals surface area contributed by atoms with Gasteiger partial charge in [-0.05, 0) is 0 Å². The van der Waals surface area contributed by atoms with Crippen LogP contribution in [0.4, 0.5) is 0 Å². The predicted molar refractivity (Wildman–Crippen MR) is 62.4 cm³/mol. The van der Waals surface area contributed by atoms with Crippen molar-refractivity contribution in [3.63, 3.8) is 0 Å². The second kappa shape index (κ2) is 7.49. The van der Waals surface area contributed by atoms with Gasteiger partial charge in [0, 0.05) is 13.1 Å². The molecule has 0 aromatic carbocycles. The number of carbonyl (C=O) groups excluding carboxylic acids is 1. The van der Waals surface area contributed by atoms with Crippen LogP contribution in [-0.2, 0) is 14.3 Å². The molecule has 0 aromatic heterocycles. The summed E-state index contributed by atoms with van der Waals surface area (Å²) in [5, 5.41) is 19.6. The van der Waals surface area contributed by atoms with E-state index in [4.69, 9.17) is 15.1 Å². The summed E-state index contributed by atoms with van der Waals surface area (Å²) >= 11 is 4.23. The topological polar surface area (TPSA) is 91.6 Å². The number of ether oxygens (including phenoxy) is 2. The number of aliphatic hydroxyl groups excluding tert-OH is 1. The lowest BCUT2D eigenvalue weighted by Gasteiger charge is -2.30. The Kier molecular flexibility index (Phi) is 6.27. The van der Waals surface area contributed by atoms with E-state index in [1.165, 1.54) is 0 Å². The van der Waals surface area contributed by atoms with Crippen LogP contribution in [0.1, 0.15) is 0 Å². The Morgan fingerprint density at radius 3 is 2.71 bits per heavy atom. The molecule has 1 rings (SSSR count). The molecule has 1 fully saturated rings. The van der Waals surface area contributed by atoms with E-state index in [1.807, 2.05) is 4.90 Å². The zero-order chi connectivity index (χ0) is 12.7. The predicted octanol–water partition coefficient (Wildman–Crippen LogP) is -1.06. The lowest BCUT2D eigenvalue weighted by atomic mass is 10.3. The van der Waals surface area contributed by atoms with E-state index in [-0.39, 0.29) is 18.9 Å². The third-order valence-electron chi connectivity index (χ3n) is 2.28. The van der Waals surface area contributed by atoms with Crippen molar-refractivity contribution in [3.8, 4) is 0 Å². The standard InChI is InChI=1S/C9H16N2O5S/c12-3-6-16-9(13)7(10-14)8(17)11-1-4-15-5-2-11/h8,12,14,17H,1-6H2. The molecule has 1 unspecified atom stereocenters. The lowest BCUT2D eigenvalue weighted by Crippen LogP contribution is -2.47. The molecule has 8 heteroatoms. The average Bonchev–Trinajstić information content (AvgIpc) is 2.38. The first kappa shape index (κ1) is 14.2. The Bertz CT molecular complexity index is 281. The van der Waals surface area contributed by atoms with Crippen LogP contribution in [0.2, 0.25) is 0 Å². The van der Waals surface area contributed by atoms with Gasteiger partial charge in [0.15, 0.2) is 5.71 Å². The smallest absolute Gasteiger partial charge is 0.358 e. The Morgan fingerprint density at radius 1 is 1.53 bits per heavy atom. The van der Waals surface area contributed by atoms with Crippen molar-refractivity contribution in [2.45, 2.75) is 5.37 Å². The molecule has 98 valence electrons. The number of hydrogen-bond donors (Lipinski definition) is 3. The van der Waals surface area contributed by atoms with Crippen LogP contribution < -0.4 is 0 Å². The summed E-state index contributed by atoms with van der Waals surface area (Å²) in [6, 6.07) is 0. The van der Waals surface area contributed by atoms with Gasteiger partial charge in [0.05, 0.1) is 19.8 Å². The van der Waals surface area contributed by atoms with Crippen molar-refractivity contribution in [2.24, 2.45) is 5.16 Å². The summed E-state index contributed by atoms with van der Waals surface area (Å²) in [6.07, 6.45) is 0. The van der Waals surface area contributed by atoms with Gasteiger partial charge in [-0.1, -0.05) is 5.16 Å². The van der Waals surface area contributed by atoms with Crippen LogP contribution in [-0.4, -0.2) is 71.8 Å². The van der Waals surface area contributed by atoms with Crippen LogP contribution in [0.3, 0.4) is 0 Å². The molecule has 17 heavy (non-hydrogen) atoms. The SMILES string of the molecule is O=C(OCCO)C(=NO)C(S)N1CCOCC1. The van der Waals surface area contributed by atoms with Crippen molar-refractivity contribution in [1.82, 2.24) is 4.90 Å². The van der Waals surface area contributed by atoms with Crippen molar-refractivity contribution in [2.75, 3.05) is 39.5 Å². The molecule has 0 saturated carbocycles. The van der Waals surface area contributed by atoms with Crippen LogP contribution in [0.5, 0.6) is 0 Å². The van der Waals surface area contributed by atoms with E-state index in [2.05, 4.69) is 22.5 Å². The minimum atomic E-state index is -0.784. The Labute approximate surface area is 104 Å². The molecule has 1 aliphatic heterocycles. The first-order valence-electron chi connectivity index (χ1n) is 5.20. The van der Waals surface area contributed by atoms with Crippen molar-refractivity contribution < 1.29 is 24.6 Å². The molecule has 1 aliphatic rings. The molecular formula is C9H16N2O5S. The minimum absolute atomic E-state index is 0.137. The Morgan fingerprint density at radius 2 is 2.18 bits per heavy atom. The van der Waals surface area contributed by atoms with Gasteiger partial charge in [-0.25, -0.2) is 4.79 Å². The molecule has 0 bridgehead atoms. The van der Waals surface area contributed by atoms with Gasteiger partial charge in [0.2, 0.25) is 0 Å². The Balaban J connectivity index is 2.56. The monoisotopic (exact) mass is 264 g/mol. The summed E-state index contributed by atoms with van der Waals surface area (Å²) in [6.45, 7) is 1.87. The summed E-state index contributed by atoms with van der Waals surface area (Å²) < 4.78 is 9.83. The molecule has 0 spiro atoms. The highest BCUT2D eigenvalue weighted by Crippen LogP contribution is 2.10. The van der Waals surface area contributed by atoms with Gasteiger partial charge >= 0.3 is 5.97 Å². The summed E-state index contributed by atoms with van der Waals surface area (Å²) in [5.41, 5.74) is -0.191. The number of aliphatic hydroxyl groups is 1. The zero-order valence-electron chi connectivity index (χ0n) is 9.28. The molecule has 0 aliphatic carbocycles. The maximum Gasteiger partial charge on any atom is 0.358 e. The van der Waals surface area contributed by atoms with Crippen molar-refractivity contribution in [3.05, 3.63) is 0 Å². The highest BCUT2D eigenvalue weighted by molar-refractivity contribution is 7.81. The quantitative estimate of drug-likeness (QED) is 0.193. The number of thiol groups is 1. The second-order valence-corrected chi connectivity index (χ2v) is 3.86. The number of oxime groups is 1. The maximum atomic E-state index is 11.5. The van der Waals surface area contributed by atoms with Crippen LogP contribution >= 0.6 is 12.6 Å². The number of morpholine rings is 1. The maximum absolute atomic E-state index is 11.5. The highest BCUT2D eigenvalue weighted by Gasteiger charge is 2.28. The first-order chi connectivity index (χ1) is 8.20. The lowest BCUT2D eigenvalue weighted by molar-refractivity contribution is -0.137. The fraction of sp³-hybridized carbons (Fsp3) is 0.778. The molecule has 1 atom stereocenters. The molecule has 2 N–H and O–H groups in total. The van der Waals surface area contributed by atoms with Crippen LogP contribution in [0.15, 0.2) is 5.16 Å². The average molecular weight is 264 g/mol. The summed E-state index contributed by atoms with van der Waals surface area (Å²) in [7, 11) is 0. The van der Waals surface area contributed by atoms with Crippen LogP contribution in [0, 0.1) is 0 Å². The largest absolute Gasteiger partial charge is 0.459 e. The number of esters is 1. The van der Waals surface area contributed by atoms with Crippen molar-refractivity contribution >= 4 is 24.3 Å². The van der Waals surface area contributed by atoms with Gasteiger partial charge < -0.3 is 19.8 Å². The fourth-order valence-electron chi connectivity index (χ4n) is 1.41. The Hall–Kier alpha value is -0.830. The van der Waals surface area contributed by atoms with E-state index in [9.17, 15) is 4.79 Å². The first-order valence-corrected chi connectivity index (χ1v) is 5.72. The second-order valence-electron chi connectivity index (χ2n) is 3.37. The minimum Gasteiger partial charge on any atom is -0.459 e. The normalized spacial score (nSPS) is 20.0. The molecule has 0 radical (unpaired) electrons. The van der Waals surface area contributed by atoms with Gasteiger partial charge in [-0.2, -0.15) is 12.6 Å². The highest BCUT2D eigenvalue weighted by atomic mass is 32.1. The van der Waals surface area contributed by atoms with Crippen molar-refractivity contribution in [1.29, 1.82) is 0 Å². The molecule has 7 nitrogen and oxygen atoms in total. The van der Waals surface area contributed by atoms with E-state index in [0.29, 0.717) is 26.3 Å². The number of carbonyl (C=O) groups is 1. The van der Waals surface area contributed by atoms with Crippen LogP contribution in [0.25, 0.3) is 0 Å². The fourth-order valence-corrected chi connectivity index (χ4v) is 1.79.